The summed E-state index contributed by atoms with van der Waals surface area (Å²) in [6.07, 6.45) is 4.25. The highest BCUT2D eigenvalue weighted by Gasteiger charge is 2.26. The van der Waals surface area contributed by atoms with Crippen LogP contribution < -0.4 is 10.6 Å². The number of fused-ring (bicyclic) bond motifs is 1. The van der Waals surface area contributed by atoms with Gasteiger partial charge in [0.25, 0.3) is 0 Å². The highest BCUT2D eigenvalue weighted by Crippen LogP contribution is 2.25. The average molecular weight is 270 g/mol. The van der Waals surface area contributed by atoms with E-state index >= 15 is 0 Å². The molecule has 2 heterocycles. The lowest BCUT2D eigenvalue weighted by Crippen LogP contribution is -2.32. The molecule has 0 aliphatic carbocycles. The number of rotatable bonds is 3. The second kappa shape index (κ2) is 5.00. The van der Waals surface area contributed by atoms with Crippen LogP contribution >= 0.6 is 0 Å². The van der Waals surface area contributed by atoms with E-state index in [-0.39, 0.29) is 18.0 Å². The summed E-state index contributed by atoms with van der Waals surface area (Å²) >= 11 is 0. The summed E-state index contributed by atoms with van der Waals surface area (Å²) in [5, 5.41) is 10.4. The Morgan fingerprint density at radius 3 is 2.95 bits per heavy atom. The minimum absolute atomic E-state index is 0.0236. The van der Waals surface area contributed by atoms with Crippen molar-refractivity contribution in [1.82, 2.24) is 9.78 Å². The number of nitrogens with one attached hydrogen (secondary N) is 2. The number of para-hydroxylation sites is 1. The van der Waals surface area contributed by atoms with Crippen molar-refractivity contribution in [2.45, 2.75) is 32.4 Å². The van der Waals surface area contributed by atoms with Crippen molar-refractivity contribution in [3.63, 3.8) is 0 Å². The van der Waals surface area contributed by atoms with Crippen LogP contribution in [0.5, 0.6) is 0 Å². The zero-order valence-corrected chi connectivity index (χ0v) is 11.6. The summed E-state index contributed by atoms with van der Waals surface area (Å²) in [6.45, 7) is 4.10. The lowest BCUT2D eigenvalue weighted by atomic mass is 10.1. The Hall–Kier alpha value is -2.30. The molecular weight excluding hydrogens is 252 g/mol. The molecule has 0 unspecified atom stereocenters. The van der Waals surface area contributed by atoms with Gasteiger partial charge in [-0.15, -0.1) is 0 Å². The Morgan fingerprint density at radius 2 is 2.25 bits per heavy atom. The molecule has 0 radical (unpaired) electrons. The summed E-state index contributed by atoms with van der Waals surface area (Å²) in [6, 6.07) is 8.09. The van der Waals surface area contributed by atoms with E-state index in [0.717, 1.165) is 17.8 Å². The number of carbonyl (C=O) groups excluding carboxylic acids is 1. The first-order valence-corrected chi connectivity index (χ1v) is 6.83. The number of aromatic nitrogens is 2. The molecule has 104 valence electrons. The van der Waals surface area contributed by atoms with E-state index in [1.54, 1.807) is 6.20 Å². The Labute approximate surface area is 118 Å². The summed E-state index contributed by atoms with van der Waals surface area (Å²) < 4.78 is 1.83. The van der Waals surface area contributed by atoms with Crippen molar-refractivity contribution in [2.24, 2.45) is 0 Å². The van der Waals surface area contributed by atoms with Crippen LogP contribution in [0.4, 0.5) is 11.4 Å². The number of amides is 1. The second-order valence-corrected chi connectivity index (χ2v) is 5.35. The van der Waals surface area contributed by atoms with Gasteiger partial charge in [-0.05, 0) is 25.5 Å². The van der Waals surface area contributed by atoms with Crippen molar-refractivity contribution in [1.29, 1.82) is 0 Å². The first kappa shape index (κ1) is 12.7. The number of nitrogens with zero attached hydrogens (tertiary/aromatic N) is 2. The minimum atomic E-state index is -0.213. The van der Waals surface area contributed by atoms with Crippen LogP contribution in [-0.4, -0.2) is 21.7 Å². The average Bonchev–Trinajstić information content (AvgIpc) is 3.04. The number of hydrogen-bond donors (Lipinski definition) is 2. The van der Waals surface area contributed by atoms with E-state index in [1.165, 1.54) is 5.56 Å². The molecule has 1 aromatic carbocycles. The van der Waals surface area contributed by atoms with Gasteiger partial charge in [0.1, 0.15) is 6.04 Å². The van der Waals surface area contributed by atoms with Crippen LogP contribution in [0.1, 0.15) is 25.5 Å². The van der Waals surface area contributed by atoms with Crippen molar-refractivity contribution in [3.05, 3.63) is 42.2 Å². The van der Waals surface area contributed by atoms with E-state index in [0.29, 0.717) is 0 Å². The number of carbonyl (C=O) groups is 1. The summed E-state index contributed by atoms with van der Waals surface area (Å²) in [7, 11) is 0. The fourth-order valence-electron chi connectivity index (χ4n) is 2.37. The van der Waals surface area contributed by atoms with Gasteiger partial charge in [-0.25, -0.2) is 0 Å². The lowest BCUT2D eigenvalue weighted by molar-refractivity contribution is -0.116. The maximum absolute atomic E-state index is 12.3. The van der Waals surface area contributed by atoms with Crippen molar-refractivity contribution < 1.29 is 4.79 Å². The normalized spacial score (nSPS) is 16.9. The van der Waals surface area contributed by atoms with Gasteiger partial charge in [-0.3, -0.25) is 9.48 Å². The van der Waals surface area contributed by atoms with Crippen LogP contribution in [0.15, 0.2) is 36.7 Å². The highest BCUT2D eigenvalue weighted by molar-refractivity contribution is 5.97. The fourth-order valence-corrected chi connectivity index (χ4v) is 2.37. The first-order valence-electron chi connectivity index (χ1n) is 6.83. The van der Waals surface area contributed by atoms with E-state index in [9.17, 15) is 4.79 Å². The molecule has 0 spiro atoms. The minimum Gasteiger partial charge on any atom is -0.373 e. The van der Waals surface area contributed by atoms with E-state index in [2.05, 4.69) is 15.7 Å². The second-order valence-electron chi connectivity index (χ2n) is 5.35. The van der Waals surface area contributed by atoms with Crippen LogP contribution in [0.3, 0.4) is 0 Å². The SMILES string of the molecule is CC(C)n1cc(NC(=O)[C@@H]2Cc3ccccc3N2)cn1. The van der Waals surface area contributed by atoms with Crippen molar-refractivity contribution in [2.75, 3.05) is 10.6 Å². The summed E-state index contributed by atoms with van der Waals surface area (Å²) in [5.41, 5.74) is 2.97. The Kier molecular flexibility index (Phi) is 3.18. The van der Waals surface area contributed by atoms with Crippen molar-refractivity contribution >= 4 is 17.3 Å². The summed E-state index contributed by atoms with van der Waals surface area (Å²) in [5.74, 6) is -0.0236. The van der Waals surface area contributed by atoms with Gasteiger partial charge in [-0.1, -0.05) is 18.2 Å². The highest BCUT2D eigenvalue weighted by atomic mass is 16.2. The molecule has 5 heteroatoms. The molecule has 2 aromatic rings. The zero-order valence-electron chi connectivity index (χ0n) is 11.6. The molecule has 1 aliphatic heterocycles. The zero-order chi connectivity index (χ0) is 14.1. The molecule has 0 saturated heterocycles. The molecule has 0 fully saturated rings. The molecule has 0 saturated carbocycles. The molecular formula is C15H18N4O. The van der Waals surface area contributed by atoms with Crippen molar-refractivity contribution in [3.8, 4) is 0 Å². The van der Waals surface area contributed by atoms with E-state index in [1.807, 2.05) is 49.0 Å². The monoisotopic (exact) mass is 270 g/mol. The third kappa shape index (κ3) is 2.39. The molecule has 1 aliphatic rings. The van der Waals surface area contributed by atoms with Crippen LogP contribution in [0, 0.1) is 0 Å². The lowest BCUT2D eigenvalue weighted by Gasteiger charge is -2.10. The van der Waals surface area contributed by atoms with Crippen LogP contribution in [0.25, 0.3) is 0 Å². The van der Waals surface area contributed by atoms with Gasteiger partial charge >= 0.3 is 0 Å². The third-order valence-corrected chi connectivity index (χ3v) is 3.49. The van der Waals surface area contributed by atoms with Gasteiger partial charge in [0.2, 0.25) is 5.91 Å². The van der Waals surface area contributed by atoms with Gasteiger partial charge in [-0.2, -0.15) is 5.10 Å². The maximum Gasteiger partial charge on any atom is 0.247 e. The number of benzene rings is 1. The quantitative estimate of drug-likeness (QED) is 0.900. The fraction of sp³-hybridized carbons (Fsp3) is 0.333. The predicted octanol–water partition coefficient (Wildman–Crippen LogP) is 2.44. The molecule has 0 bridgehead atoms. The molecule has 3 rings (SSSR count). The maximum atomic E-state index is 12.3. The molecule has 20 heavy (non-hydrogen) atoms. The summed E-state index contributed by atoms with van der Waals surface area (Å²) in [4.78, 5) is 12.3. The first-order chi connectivity index (χ1) is 9.63. The Balaban J connectivity index is 1.66. The van der Waals surface area contributed by atoms with Gasteiger partial charge in [0.15, 0.2) is 0 Å². The standard InChI is InChI=1S/C15H18N4O/c1-10(2)19-9-12(8-16-19)17-15(20)14-7-11-5-3-4-6-13(11)18-14/h3-6,8-10,14,18H,7H2,1-2H3,(H,17,20)/t14-/m0/s1. The molecule has 2 N–H and O–H groups in total. The molecule has 5 nitrogen and oxygen atoms in total. The Morgan fingerprint density at radius 1 is 1.45 bits per heavy atom. The Bertz CT molecular complexity index is 607. The predicted molar refractivity (Wildman–Crippen MR) is 78.8 cm³/mol. The van der Waals surface area contributed by atoms with Crippen LogP contribution in [0.2, 0.25) is 0 Å². The van der Waals surface area contributed by atoms with E-state index in [4.69, 9.17) is 0 Å². The van der Waals surface area contributed by atoms with Crippen LogP contribution in [-0.2, 0) is 11.2 Å². The third-order valence-electron chi connectivity index (χ3n) is 3.49. The topological polar surface area (TPSA) is 59.0 Å². The van der Waals surface area contributed by atoms with Gasteiger partial charge < -0.3 is 10.6 Å². The van der Waals surface area contributed by atoms with Gasteiger partial charge in [0.05, 0.1) is 11.9 Å². The smallest absolute Gasteiger partial charge is 0.247 e. The number of hydrogen-bond acceptors (Lipinski definition) is 3. The van der Waals surface area contributed by atoms with E-state index < -0.39 is 0 Å². The van der Waals surface area contributed by atoms with Gasteiger partial charge in [0, 0.05) is 24.3 Å². The number of anilines is 2. The molecule has 1 amide bonds. The molecule has 1 atom stereocenters. The largest absolute Gasteiger partial charge is 0.373 e. The molecule has 1 aromatic heterocycles.